The van der Waals surface area contributed by atoms with E-state index in [2.05, 4.69) is 0 Å². The van der Waals surface area contributed by atoms with Gasteiger partial charge in [0.15, 0.2) is 0 Å². The van der Waals surface area contributed by atoms with Gasteiger partial charge < -0.3 is 24.2 Å². The number of ether oxygens (including phenoxy) is 3. The lowest BCUT2D eigenvalue weighted by atomic mass is 9.77. The number of carboxylic acids is 1. The maximum atomic E-state index is 13.0. The Bertz CT molecular complexity index is 759. The van der Waals surface area contributed by atoms with Gasteiger partial charge in [0.2, 0.25) is 5.91 Å². The topological polar surface area (TPSA) is 85.3 Å². The van der Waals surface area contributed by atoms with E-state index in [1.807, 2.05) is 6.08 Å². The number of methoxy groups -OCH3 is 2. The number of carbonyl (C=O) groups excluding carboxylic acids is 1. The van der Waals surface area contributed by atoms with E-state index < -0.39 is 29.5 Å². The minimum Gasteiger partial charge on any atom is -0.497 e. The van der Waals surface area contributed by atoms with E-state index in [0.717, 1.165) is 0 Å². The minimum absolute atomic E-state index is 0.252. The fraction of sp³-hybridized carbons (Fsp3) is 0.412. The van der Waals surface area contributed by atoms with Gasteiger partial charge in [0, 0.05) is 6.07 Å². The van der Waals surface area contributed by atoms with Crippen molar-refractivity contribution >= 4 is 17.6 Å². The van der Waals surface area contributed by atoms with Gasteiger partial charge in [-0.3, -0.25) is 9.59 Å². The van der Waals surface area contributed by atoms with Crippen LogP contribution in [-0.4, -0.2) is 49.5 Å². The molecule has 0 aromatic heterocycles. The summed E-state index contributed by atoms with van der Waals surface area (Å²) in [7, 11) is 3.06. The second-order valence-corrected chi connectivity index (χ2v) is 6.20. The Kier molecular flexibility index (Phi) is 3.11. The van der Waals surface area contributed by atoms with Crippen molar-refractivity contribution in [2.24, 2.45) is 11.8 Å². The third-order valence-corrected chi connectivity index (χ3v) is 5.06. The molecule has 126 valence electrons. The maximum Gasteiger partial charge on any atom is 0.310 e. The number of carbonyl (C=O) groups is 2. The Morgan fingerprint density at radius 2 is 2.17 bits per heavy atom. The molecule has 0 radical (unpaired) electrons. The molecule has 1 aromatic rings. The number of aliphatic carboxylic acids is 1. The predicted molar refractivity (Wildman–Crippen MR) is 83.3 cm³/mol. The van der Waals surface area contributed by atoms with E-state index >= 15 is 0 Å². The third kappa shape index (κ3) is 1.81. The van der Waals surface area contributed by atoms with E-state index in [1.165, 1.54) is 7.11 Å². The number of carboxylic acid groups (broad SMARTS) is 1. The predicted octanol–water partition coefficient (Wildman–Crippen LogP) is 1.07. The standard InChI is InChI=1S/C17H17NO6/c1-22-9-3-4-10(12(7-9)23-2)18-8-17-6-5-11(24-17)13(16(20)21)14(17)15(18)19/h3-7,11,13-14H,8H2,1-2H3,(H,20,21)/t11-,13+,14-,17+/m1/s1. The van der Waals surface area contributed by atoms with Crippen LogP contribution in [0.4, 0.5) is 5.69 Å². The molecule has 1 N–H and O–H groups in total. The van der Waals surface area contributed by atoms with Crippen LogP contribution >= 0.6 is 0 Å². The Morgan fingerprint density at radius 1 is 1.38 bits per heavy atom. The number of nitrogens with zero attached hydrogens (tertiary/aromatic N) is 1. The molecule has 24 heavy (non-hydrogen) atoms. The van der Waals surface area contributed by atoms with Crippen molar-refractivity contribution in [1.82, 2.24) is 0 Å². The minimum atomic E-state index is -1.01. The number of fused-ring (bicyclic) bond motifs is 1. The van der Waals surface area contributed by atoms with Gasteiger partial charge in [-0.05, 0) is 12.1 Å². The molecule has 3 heterocycles. The molecule has 0 aliphatic carbocycles. The summed E-state index contributed by atoms with van der Waals surface area (Å²) in [5.41, 5.74) is -0.285. The number of benzene rings is 1. The van der Waals surface area contributed by atoms with Crippen LogP contribution in [0.25, 0.3) is 0 Å². The first kappa shape index (κ1) is 15.0. The fourth-order valence-electron chi connectivity index (χ4n) is 3.99. The molecule has 3 aliphatic heterocycles. The zero-order chi connectivity index (χ0) is 17.1. The molecule has 1 amide bonds. The third-order valence-electron chi connectivity index (χ3n) is 5.06. The highest BCUT2D eigenvalue weighted by atomic mass is 16.5. The summed E-state index contributed by atoms with van der Waals surface area (Å²) < 4.78 is 16.4. The van der Waals surface area contributed by atoms with E-state index in [-0.39, 0.29) is 12.5 Å². The summed E-state index contributed by atoms with van der Waals surface area (Å²) in [5, 5.41) is 9.50. The monoisotopic (exact) mass is 331 g/mol. The van der Waals surface area contributed by atoms with Gasteiger partial charge in [-0.15, -0.1) is 0 Å². The van der Waals surface area contributed by atoms with Gasteiger partial charge in [0.05, 0.1) is 38.5 Å². The molecule has 7 heteroatoms. The van der Waals surface area contributed by atoms with Crippen LogP contribution in [0.3, 0.4) is 0 Å². The zero-order valence-electron chi connectivity index (χ0n) is 13.3. The number of hydrogen-bond donors (Lipinski definition) is 1. The molecule has 4 atom stereocenters. The smallest absolute Gasteiger partial charge is 0.310 e. The van der Waals surface area contributed by atoms with Gasteiger partial charge in [-0.2, -0.15) is 0 Å². The van der Waals surface area contributed by atoms with Crippen molar-refractivity contribution < 1.29 is 28.9 Å². The molecule has 4 rings (SSSR count). The lowest BCUT2D eigenvalue weighted by Crippen LogP contribution is -2.39. The van der Waals surface area contributed by atoms with E-state index in [1.54, 1.807) is 36.3 Å². The quantitative estimate of drug-likeness (QED) is 0.831. The SMILES string of the molecule is COc1ccc(N2C[C@]34C=C[C@@H](O3)[C@H](C(=O)O)[C@@H]4C2=O)c(OC)c1. The van der Waals surface area contributed by atoms with Gasteiger partial charge in [-0.1, -0.05) is 12.2 Å². The molecule has 2 bridgehead atoms. The molecular weight excluding hydrogens is 314 g/mol. The normalized spacial score (nSPS) is 33.0. The largest absolute Gasteiger partial charge is 0.497 e. The summed E-state index contributed by atoms with van der Waals surface area (Å²) in [6, 6.07) is 5.16. The van der Waals surface area contributed by atoms with Gasteiger partial charge >= 0.3 is 5.97 Å². The van der Waals surface area contributed by atoms with Crippen molar-refractivity contribution in [3.05, 3.63) is 30.4 Å². The summed E-state index contributed by atoms with van der Waals surface area (Å²) >= 11 is 0. The molecule has 1 spiro atoms. The molecule has 7 nitrogen and oxygen atoms in total. The first-order valence-corrected chi connectivity index (χ1v) is 7.64. The highest BCUT2D eigenvalue weighted by molar-refractivity contribution is 6.03. The van der Waals surface area contributed by atoms with Crippen LogP contribution < -0.4 is 14.4 Å². The molecule has 3 aliphatic rings. The highest BCUT2D eigenvalue weighted by Gasteiger charge is 2.67. The fourth-order valence-corrected chi connectivity index (χ4v) is 3.99. The highest BCUT2D eigenvalue weighted by Crippen LogP contribution is 2.53. The van der Waals surface area contributed by atoms with Gasteiger partial charge in [-0.25, -0.2) is 0 Å². The van der Waals surface area contributed by atoms with Crippen molar-refractivity contribution in [3.8, 4) is 11.5 Å². The van der Waals surface area contributed by atoms with Crippen molar-refractivity contribution in [2.75, 3.05) is 25.7 Å². The molecule has 0 saturated carbocycles. The van der Waals surface area contributed by atoms with Crippen molar-refractivity contribution in [1.29, 1.82) is 0 Å². The number of hydrogen-bond acceptors (Lipinski definition) is 5. The first-order valence-electron chi connectivity index (χ1n) is 7.64. The summed E-state index contributed by atoms with van der Waals surface area (Å²) in [5.74, 6) is -1.72. The molecular formula is C17H17NO6. The maximum absolute atomic E-state index is 13.0. The van der Waals surface area contributed by atoms with Crippen molar-refractivity contribution in [2.45, 2.75) is 11.7 Å². The van der Waals surface area contributed by atoms with Crippen LogP contribution in [0.1, 0.15) is 0 Å². The Morgan fingerprint density at radius 3 is 2.83 bits per heavy atom. The zero-order valence-corrected chi connectivity index (χ0v) is 13.3. The number of anilines is 1. The van der Waals surface area contributed by atoms with Crippen LogP contribution in [0, 0.1) is 11.8 Å². The molecule has 0 unspecified atom stereocenters. The molecule has 2 saturated heterocycles. The van der Waals surface area contributed by atoms with Crippen LogP contribution in [0.5, 0.6) is 11.5 Å². The number of rotatable bonds is 4. The second kappa shape index (κ2) is 4.98. The average Bonchev–Trinajstić information content (AvgIpc) is 3.22. The summed E-state index contributed by atoms with van der Waals surface area (Å²) in [6.07, 6.45) is 3.05. The Balaban J connectivity index is 1.74. The Labute approximate surface area is 138 Å². The van der Waals surface area contributed by atoms with Crippen LogP contribution in [-0.2, 0) is 14.3 Å². The first-order chi connectivity index (χ1) is 11.5. The van der Waals surface area contributed by atoms with Crippen molar-refractivity contribution in [3.63, 3.8) is 0 Å². The van der Waals surface area contributed by atoms with E-state index in [4.69, 9.17) is 14.2 Å². The second-order valence-electron chi connectivity index (χ2n) is 6.20. The van der Waals surface area contributed by atoms with E-state index in [0.29, 0.717) is 17.2 Å². The average molecular weight is 331 g/mol. The van der Waals surface area contributed by atoms with Crippen LogP contribution in [0.2, 0.25) is 0 Å². The summed E-state index contributed by atoms with van der Waals surface area (Å²) in [4.78, 5) is 26.1. The van der Waals surface area contributed by atoms with Gasteiger partial charge in [0.25, 0.3) is 0 Å². The number of amides is 1. The molecule has 1 aromatic carbocycles. The lowest BCUT2D eigenvalue weighted by molar-refractivity contribution is -0.146. The van der Waals surface area contributed by atoms with E-state index in [9.17, 15) is 14.7 Å². The van der Waals surface area contributed by atoms with Crippen LogP contribution in [0.15, 0.2) is 30.4 Å². The summed E-state index contributed by atoms with van der Waals surface area (Å²) in [6.45, 7) is 0.274. The molecule has 2 fully saturated rings. The lowest BCUT2D eigenvalue weighted by Gasteiger charge is -2.23. The Hall–Kier alpha value is -2.54. The van der Waals surface area contributed by atoms with Gasteiger partial charge in [0.1, 0.15) is 23.0 Å².